The molecule has 2 aromatic rings. The maximum absolute atomic E-state index is 13.2. The lowest BCUT2D eigenvalue weighted by Crippen LogP contribution is -2.44. The molecule has 0 radical (unpaired) electrons. The summed E-state index contributed by atoms with van der Waals surface area (Å²) in [6, 6.07) is 13.8. The lowest BCUT2D eigenvalue weighted by atomic mass is 9.91. The van der Waals surface area contributed by atoms with Gasteiger partial charge in [0.15, 0.2) is 12.4 Å². The van der Waals surface area contributed by atoms with Crippen molar-refractivity contribution in [2.45, 2.75) is 49.5 Å². The van der Waals surface area contributed by atoms with Crippen molar-refractivity contribution in [1.29, 1.82) is 0 Å². The van der Waals surface area contributed by atoms with E-state index in [-0.39, 0.29) is 25.1 Å². The van der Waals surface area contributed by atoms with E-state index in [0.717, 1.165) is 17.2 Å². The monoisotopic (exact) mass is 587 g/mol. The van der Waals surface area contributed by atoms with Gasteiger partial charge < -0.3 is 29.4 Å². The normalized spacial score (nSPS) is 22.4. The second kappa shape index (κ2) is 12.1. The molecule has 222 valence electrons. The van der Waals surface area contributed by atoms with E-state index >= 15 is 0 Å². The van der Waals surface area contributed by atoms with Crippen LogP contribution in [0.3, 0.4) is 0 Å². The number of aliphatic hydroxyl groups excluding tert-OH is 1. The maximum Gasteiger partial charge on any atom is 0.422 e. The summed E-state index contributed by atoms with van der Waals surface area (Å²) in [5, 5.41) is 11.7. The number of ether oxygens (including phenoxy) is 4. The minimum Gasteiger partial charge on any atom is -0.456 e. The summed E-state index contributed by atoms with van der Waals surface area (Å²) >= 11 is 0. The molecule has 1 fully saturated rings. The fraction of sp³-hybridized carbons (Fsp3) is 0.367. The zero-order valence-electron chi connectivity index (χ0n) is 22.3. The van der Waals surface area contributed by atoms with E-state index in [4.69, 9.17) is 19.3 Å². The lowest BCUT2D eigenvalue weighted by molar-refractivity contribution is -0.182. The van der Waals surface area contributed by atoms with Crippen LogP contribution < -0.4 is 5.32 Å². The van der Waals surface area contributed by atoms with Crippen LogP contribution in [0.4, 0.5) is 13.2 Å². The van der Waals surface area contributed by atoms with Crippen molar-refractivity contribution >= 4 is 23.9 Å². The molecular weight excluding hydrogens is 559 g/mol. The number of fused-ring (bicyclic) bond motifs is 2. The van der Waals surface area contributed by atoms with Gasteiger partial charge in [-0.2, -0.15) is 13.2 Å². The molecule has 3 aliphatic rings. The average molecular weight is 588 g/mol. The summed E-state index contributed by atoms with van der Waals surface area (Å²) < 4.78 is 59.6. The zero-order chi connectivity index (χ0) is 29.9. The molecule has 1 heterocycles. The van der Waals surface area contributed by atoms with Crippen molar-refractivity contribution in [1.82, 2.24) is 5.32 Å². The SMILES string of the molecule is O=C(C=Cc1cccc(C(=O)O[C@@H]2CC(C(=O)NCCO)=C[C@H]3OC4(Cc5ccccc5C4)O[C@H]32)c1)OCC(F)(F)F. The highest BCUT2D eigenvalue weighted by molar-refractivity contribution is 5.94. The Labute approximate surface area is 238 Å². The Morgan fingerprint density at radius 3 is 2.50 bits per heavy atom. The van der Waals surface area contributed by atoms with E-state index in [2.05, 4.69) is 10.1 Å². The fourth-order valence-corrected chi connectivity index (χ4v) is 5.29. The van der Waals surface area contributed by atoms with Crippen LogP contribution in [0.15, 0.2) is 66.3 Å². The van der Waals surface area contributed by atoms with Crippen LogP contribution in [0, 0.1) is 0 Å². The summed E-state index contributed by atoms with van der Waals surface area (Å²) in [4.78, 5) is 37.6. The number of rotatable bonds is 8. The number of carbonyl (C=O) groups is 3. The molecule has 0 aromatic heterocycles. The third-order valence-electron chi connectivity index (χ3n) is 7.08. The van der Waals surface area contributed by atoms with Gasteiger partial charge in [0.1, 0.15) is 18.3 Å². The smallest absolute Gasteiger partial charge is 0.422 e. The summed E-state index contributed by atoms with van der Waals surface area (Å²) in [6.45, 7) is -1.90. The van der Waals surface area contributed by atoms with Crippen LogP contribution in [0.1, 0.15) is 33.5 Å². The average Bonchev–Trinajstić information content (AvgIpc) is 3.51. The fourth-order valence-electron chi connectivity index (χ4n) is 5.29. The van der Waals surface area contributed by atoms with Crippen LogP contribution in [0.2, 0.25) is 0 Å². The molecule has 1 saturated heterocycles. The topological polar surface area (TPSA) is 120 Å². The highest BCUT2D eigenvalue weighted by Crippen LogP contribution is 2.45. The third kappa shape index (κ3) is 6.89. The Hall–Kier alpha value is -4.00. The Morgan fingerprint density at radius 1 is 1.07 bits per heavy atom. The molecule has 1 spiro atoms. The maximum atomic E-state index is 13.2. The van der Waals surface area contributed by atoms with Gasteiger partial charge in [-0.3, -0.25) is 4.79 Å². The molecule has 0 bridgehead atoms. The van der Waals surface area contributed by atoms with Crippen molar-refractivity contribution in [3.05, 3.63) is 88.5 Å². The second-order valence-corrected chi connectivity index (χ2v) is 10.2. The van der Waals surface area contributed by atoms with Crippen LogP contribution in [0.5, 0.6) is 0 Å². The first-order chi connectivity index (χ1) is 20.0. The van der Waals surface area contributed by atoms with E-state index in [1.54, 1.807) is 12.1 Å². The number of halogens is 3. The van der Waals surface area contributed by atoms with Crippen LogP contribution in [-0.2, 0) is 41.4 Å². The van der Waals surface area contributed by atoms with Crippen molar-refractivity contribution in [2.75, 3.05) is 19.8 Å². The van der Waals surface area contributed by atoms with Crippen LogP contribution >= 0.6 is 0 Å². The predicted octanol–water partition coefficient (Wildman–Crippen LogP) is 3.05. The quantitative estimate of drug-likeness (QED) is 0.357. The zero-order valence-corrected chi connectivity index (χ0v) is 22.3. The van der Waals surface area contributed by atoms with Crippen molar-refractivity contribution < 1.29 is 51.6 Å². The highest BCUT2D eigenvalue weighted by Gasteiger charge is 2.55. The Kier molecular flexibility index (Phi) is 8.48. The number of aliphatic hydroxyl groups is 1. The summed E-state index contributed by atoms with van der Waals surface area (Å²) in [7, 11) is 0. The molecule has 2 aliphatic carbocycles. The number of hydrogen-bond donors (Lipinski definition) is 2. The van der Waals surface area contributed by atoms with Gasteiger partial charge in [-0.05, 0) is 41.0 Å². The van der Waals surface area contributed by atoms with Gasteiger partial charge in [0, 0.05) is 37.5 Å². The number of carbonyl (C=O) groups excluding carboxylic acids is 3. The first-order valence-electron chi connectivity index (χ1n) is 13.3. The lowest BCUT2D eigenvalue weighted by Gasteiger charge is -2.30. The van der Waals surface area contributed by atoms with E-state index in [1.807, 2.05) is 24.3 Å². The largest absolute Gasteiger partial charge is 0.456 e. The molecule has 1 amide bonds. The van der Waals surface area contributed by atoms with Crippen molar-refractivity contribution in [2.24, 2.45) is 0 Å². The van der Waals surface area contributed by atoms with Crippen LogP contribution in [0.25, 0.3) is 6.08 Å². The Morgan fingerprint density at radius 2 is 1.81 bits per heavy atom. The standard InChI is InChI=1S/C30H28F3NO8/c31-30(32,33)17-39-25(36)9-8-18-4-3-7-19(12-18)28(38)40-23-13-22(27(37)34-10-11-35)14-24-26(23)42-29(41-24)15-20-5-1-2-6-21(20)16-29/h1-9,12,14,23-24,26,35H,10-11,13,15-17H2,(H,34,37)/t23-,24-,26+/m1/s1. The molecule has 1 aliphatic heterocycles. The molecule has 2 N–H and O–H groups in total. The predicted molar refractivity (Wildman–Crippen MR) is 141 cm³/mol. The molecule has 2 aromatic carbocycles. The molecule has 3 atom stereocenters. The summed E-state index contributed by atoms with van der Waals surface area (Å²) in [5.74, 6) is -3.31. The summed E-state index contributed by atoms with van der Waals surface area (Å²) in [6.07, 6.45) is -2.14. The van der Waals surface area contributed by atoms with E-state index < -0.39 is 54.7 Å². The van der Waals surface area contributed by atoms with Crippen LogP contribution in [-0.4, -0.2) is 73.0 Å². The number of amides is 1. The number of hydrogen-bond acceptors (Lipinski definition) is 8. The summed E-state index contributed by atoms with van der Waals surface area (Å²) in [5.41, 5.74) is 2.96. The Balaban J connectivity index is 1.31. The molecule has 42 heavy (non-hydrogen) atoms. The third-order valence-corrected chi connectivity index (χ3v) is 7.08. The van der Waals surface area contributed by atoms with Gasteiger partial charge in [-0.15, -0.1) is 0 Å². The van der Waals surface area contributed by atoms with Gasteiger partial charge in [0.2, 0.25) is 5.91 Å². The van der Waals surface area contributed by atoms with E-state index in [9.17, 15) is 27.6 Å². The molecule has 5 rings (SSSR count). The molecule has 0 saturated carbocycles. The minimum atomic E-state index is -4.64. The molecule has 9 nitrogen and oxygen atoms in total. The van der Waals surface area contributed by atoms with E-state index in [1.165, 1.54) is 24.3 Å². The highest BCUT2D eigenvalue weighted by atomic mass is 19.4. The Bertz CT molecular complexity index is 1390. The number of esters is 2. The molecule has 12 heteroatoms. The van der Waals surface area contributed by atoms with E-state index in [0.29, 0.717) is 24.0 Å². The second-order valence-electron chi connectivity index (χ2n) is 10.2. The molecular formula is C30H28F3NO8. The van der Waals surface area contributed by atoms with Gasteiger partial charge >= 0.3 is 18.1 Å². The first-order valence-corrected chi connectivity index (χ1v) is 13.3. The number of nitrogens with one attached hydrogen (secondary N) is 1. The first kappa shape index (κ1) is 29.5. The minimum absolute atomic E-state index is 0.0429. The van der Waals surface area contributed by atoms with Gasteiger partial charge in [-0.25, -0.2) is 9.59 Å². The van der Waals surface area contributed by atoms with Gasteiger partial charge in [-0.1, -0.05) is 36.4 Å². The number of alkyl halides is 3. The molecule has 0 unspecified atom stereocenters. The number of benzene rings is 2. The van der Waals surface area contributed by atoms with Crippen molar-refractivity contribution in [3.8, 4) is 0 Å². The van der Waals surface area contributed by atoms with Gasteiger partial charge in [0.05, 0.1) is 12.2 Å². The van der Waals surface area contributed by atoms with Crippen molar-refractivity contribution in [3.63, 3.8) is 0 Å². The van der Waals surface area contributed by atoms with Gasteiger partial charge in [0.25, 0.3) is 0 Å².